The molecule has 23 heavy (non-hydrogen) atoms. The van der Waals surface area contributed by atoms with Crippen molar-refractivity contribution in [3.63, 3.8) is 0 Å². The fourth-order valence-electron chi connectivity index (χ4n) is 2.16. The first-order valence-electron chi connectivity index (χ1n) is 7.36. The number of amides is 4. The van der Waals surface area contributed by atoms with Gasteiger partial charge >= 0.3 is 6.09 Å². The summed E-state index contributed by atoms with van der Waals surface area (Å²) in [6, 6.07) is -0.965. The lowest BCUT2D eigenvalue weighted by atomic mass is 10.2. The molecule has 9 nitrogen and oxygen atoms in total. The number of nitrogens with two attached hydrogens (primary N) is 1. The van der Waals surface area contributed by atoms with Crippen molar-refractivity contribution < 1.29 is 29.1 Å². The molecule has 1 rings (SSSR count). The summed E-state index contributed by atoms with van der Waals surface area (Å²) in [6.45, 7) is 5.39. The van der Waals surface area contributed by atoms with Gasteiger partial charge < -0.3 is 10.5 Å². The number of rotatable bonds is 4. The Kier molecular flexibility index (Phi) is 6.08. The number of carbonyl (C=O) groups excluding carboxylic acids is 4. The van der Waals surface area contributed by atoms with Gasteiger partial charge in [-0.2, -0.15) is 5.06 Å². The van der Waals surface area contributed by atoms with Crippen molar-refractivity contribution in [2.75, 3.05) is 6.54 Å². The van der Waals surface area contributed by atoms with E-state index in [0.717, 1.165) is 0 Å². The Bertz CT molecular complexity index is 499. The molecule has 130 valence electrons. The van der Waals surface area contributed by atoms with Crippen LogP contribution in [-0.4, -0.2) is 57.2 Å². The third kappa shape index (κ3) is 5.51. The van der Waals surface area contributed by atoms with Crippen LogP contribution in [0.1, 0.15) is 46.5 Å². The summed E-state index contributed by atoms with van der Waals surface area (Å²) in [5.41, 5.74) is 4.20. The van der Waals surface area contributed by atoms with Gasteiger partial charge in [-0.3, -0.25) is 24.5 Å². The van der Waals surface area contributed by atoms with Gasteiger partial charge in [0.2, 0.25) is 5.91 Å². The van der Waals surface area contributed by atoms with Gasteiger partial charge in [-0.25, -0.2) is 4.79 Å². The molecule has 1 saturated heterocycles. The Balaban J connectivity index is 2.71. The van der Waals surface area contributed by atoms with Gasteiger partial charge in [0.05, 0.1) is 0 Å². The molecule has 1 fully saturated rings. The molecule has 9 heteroatoms. The quantitative estimate of drug-likeness (QED) is 0.567. The first kappa shape index (κ1) is 18.9. The number of likely N-dealkylation sites (tertiary alicyclic amines) is 1. The third-order valence-corrected chi connectivity index (χ3v) is 3.20. The van der Waals surface area contributed by atoms with Crippen molar-refractivity contribution in [2.24, 2.45) is 5.73 Å². The molecule has 0 bridgehead atoms. The molecule has 0 spiro atoms. The van der Waals surface area contributed by atoms with Gasteiger partial charge in [0.25, 0.3) is 11.8 Å². The number of ether oxygens (including phenoxy) is 1. The number of nitrogens with zero attached hydrogens (tertiary/aromatic N) is 2. The molecule has 0 saturated carbocycles. The third-order valence-electron chi connectivity index (χ3n) is 3.20. The first-order chi connectivity index (χ1) is 10.5. The van der Waals surface area contributed by atoms with Crippen LogP contribution >= 0.6 is 0 Å². The Morgan fingerprint density at radius 2 is 1.87 bits per heavy atom. The normalized spacial score (nSPS) is 17.7. The lowest BCUT2D eigenvalue weighted by Gasteiger charge is -2.29. The van der Waals surface area contributed by atoms with Gasteiger partial charge in [0, 0.05) is 19.4 Å². The van der Waals surface area contributed by atoms with Crippen molar-refractivity contribution >= 4 is 23.8 Å². The summed E-state index contributed by atoms with van der Waals surface area (Å²) in [7, 11) is 0. The second-order valence-corrected chi connectivity index (χ2v) is 6.34. The van der Waals surface area contributed by atoms with Gasteiger partial charge in [0.15, 0.2) is 0 Å². The maximum Gasteiger partial charge on any atom is 0.410 e. The van der Waals surface area contributed by atoms with Crippen molar-refractivity contribution in [1.29, 1.82) is 0 Å². The number of hydrogen-bond donors (Lipinski definition) is 2. The highest BCUT2D eigenvalue weighted by molar-refractivity contribution is 5.98. The minimum absolute atomic E-state index is 0.0453. The Morgan fingerprint density at radius 3 is 2.39 bits per heavy atom. The molecule has 0 aromatic carbocycles. The molecule has 1 aliphatic heterocycles. The lowest BCUT2D eigenvalue weighted by molar-refractivity contribution is -0.182. The van der Waals surface area contributed by atoms with E-state index in [0.29, 0.717) is 19.4 Å². The number of hydrogen-bond acceptors (Lipinski definition) is 6. The van der Waals surface area contributed by atoms with Crippen LogP contribution in [0.15, 0.2) is 0 Å². The zero-order chi connectivity index (χ0) is 17.8. The molecule has 0 radical (unpaired) electrons. The minimum Gasteiger partial charge on any atom is -0.444 e. The summed E-state index contributed by atoms with van der Waals surface area (Å²) in [6.07, 6.45) is -0.455. The standard InChI is InChI=1S/C14H23N3O6/c1-14(2,3)23-13(21)16-8-4-5-9(16)12(20)17(22)11(19)7-6-10(15)18/h9,22H,4-8H2,1-3H3,(H2,15,18)/t9-/m1/s1. The Labute approximate surface area is 134 Å². The molecule has 0 aromatic rings. The van der Waals surface area contributed by atoms with Crippen molar-refractivity contribution in [3.8, 4) is 0 Å². The van der Waals surface area contributed by atoms with Crippen LogP contribution in [0.5, 0.6) is 0 Å². The van der Waals surface area contributed by atoms with E-state index >= 15 is 0 Å². The highest BCUT2D eigenvalue weighted by Crippen LogP contribution is 2.22. The fourth-order valence-corrected chi connectivity index (χ4v) is 2.16. The average Bonchev–Trinajstić information content (AvgIpc) is 2.90. The summed E-state index contributed by atoms with van der Waals surface area (Å²) in [4.78, 5) is 47.8. The number of primary amides is 1. The van der Waals surface area contributed by atoms with E-state index < -0.39 is 35.5 Å². The summed E-state index contributed by atoms with van der Waals surface area (Å²) >= 11 is 0. The van der Waals surface area contributed by atoms with Crippen LogP contribution in [0.4, 0.5) is 4.79 Å². The predicted octanol–water partition coefficient (Wildman–Crippen LogP) is 0.396. The molecule has 4 amide bonds. The van der Waals surface area contributed by atoms with E-state index in [-0.39, 0.29) is 17.9 Å². The molecular weight excluding hydrogens is 306 g/mol. The number of carbonyl (C=O) groups is 4. The van der Waals surface area contributed by atoms with Crippen LogP contribution in [-0.2, 0) is 19.1 Å². The second kappa shape index (κ2) is 7.40. The maximum absolute atomic E-state index is 12.2. The molecule has 3 N–H and O–H groups in total. The van der Waals surface area contributed by atoms with E-state index in [9.17, 15) is 24.4 Å². The summed E-state index contributed by atoms with van der Waals surface area (Å²) in [5.74, 6) is -2.57. The smallest absolute Gasteiger partial charge is 0.410 e. The van der Waals surface area contributed by atoms with Crippen LogP contribution in [0, 0.1) is 0 Å². The van der Waals surface area contributed by atoms with Gasteiger partial charge in [-0.05, 0) is 33.6 Å². The van der Waals surface area contributed by atoms with Gasteiger partial charge in [-0.15, -0.1) is 0 Å². The average molecular weight is 329 g/mol. The van der Waals surface area contributed by atoms with E-state index in [4.69, 9.17) is 10.5 Å². The Hall–Kier alpha value is -2.16. The molecule has 0 aromatic heterocycles. The van der Waals surface area contributed by atoms with Crippen LogP contribution in [0.3, 0.4) is 0 Å². The number of imide groups is 1. The molecule has 1 atom stereocenters. The number of hydroxylamine groups is 2. The first-order valence-corrected chi connectivity index (χ1v) is 7.36. The molecule has 0 aliphatic carbocycles. The van der Waals surface area contributed by atoms with Crippen LogP contribution < -0.4 is 5.73 Å². The minimum atomic E-state index is -0.965. The molecular formula is C14H23N3O6. The van der Waals surface area contributed by atoms with Gasteiger partial charge in [0.1, 0.15) is 11.6 Å². The van der Waals surface area contributed by atoms with Crippen molar-refractivity contribution in [3.05, 3.63) is 0 Å². The van der Waals surface area contributed by atoms with Crippen molar-refractivity contribution in [2.45, 2.75) is 58.1 Å². The molecule has 1 heterocycles. The van der Waals surface area contributed by atoms with Crippen molar-refractivity contribution in [1.82, 2.24) is 9.96 Å². The fraction of sp³-hybridized carbons (Fsp3) is 0.714. The zero-order valence-electron chi connectivity index (χ0n) is 13.6. The van der Waals surface area contributed by atoms with E-state index in [2.05, 4.69) is 0 Å². The van der Waals surface area contributed by atoms with Crippen LogP contribution in [0.25, 0.3) is 0 Å². The SMILES string of the molecule is CC(C)(C)OC(=O)N1CCC[C@@H]1C(=O)N(O)C(=O)CCC(N)=O. The van der Waals surface area contributed by atoms with E-state index in [1.54, 1.807) is 20.8 Å². The molecule has 1 aliphatic rings. The van der Waals surface area contributed by atoms with E-state index in [1.807, 2.05) is 0 Å². The monoisotopic (exact) mass is 329 g/mol. The van der Waals surface area contributed by atoms with Gasteiger partial charge in [-0.1, -0.05) is 0 Å². The Morgan fingerprint density at radius 1 is 1.26 bits per heavy atom. The maximum atomic E-state index is 12.2. The largest absolute Gasteiger partial charge is 0.444 e. The second-order valence-electron chi connectivity index (χ2n) is 6.34. The highest BCUT2D eigenvalue weighted by atomic mass is 16.6. The topological polar surface area (TPSA) is 130 Å². The summed E-state index contributed by atoms with van der Waals surface area (Å²) < 4.78 is 5.21. The van der Waals surface area contributed by atoms with E-state index in [1.165, 1.54) is 4.90 Å². The van der Waals surface area contributed by atoms with Crippen LogP contribution in [0.2, 0.25) is 0 Å². The lowest BCUT2D eigenvalue weighted by Crippen LogP contribution is -2.49. The summed E-state index contributed by atoms with van der Waals surface area (Å²) in [5, 5.41) is 9.65. The predicted molar refractivity (Wildman–Crippen MR) is 78.0 cm³/mol. The molecule has 0 unspecified atom stereocenters. The highest BCUT2D eigenvalue weighted by Gasteiger charge is 2.40. The zero-order valence-corrected chi connectivity index (χ0v) is 13.6.